The molecule has 0 heterocycles. The second-order valence-corrected chi connectivity index (χ2v) is 12.9. The van der Waals surface area contributed by atoms with Gasteiger partial charge >= 0.3 is 0 Å². The SMILES string of the molecule is CCCCO[C@@H]1C[C@H](CS(=O)(=O)O)[C@@H](OCc2ccc(OC)cc2)[C@H](OCc2ccc(OC)cc2)[C@H]1OCc1ccc(OC)cc1. The third-order valence-corrected chi connectivity index (χ3v) is 8.92. The topological polar surface area (TPSA) is 119 Å². The van der Waals surface area contributed by atoms with Crippen LogP contribution in [0.3, 0.4) is 0 Å². The van der Waals surface area contributed by atoms with Gasteiger partial charge in [-0.2, -0.15) is 8.42 Å². The summed E-state index contributed by atoms with van der Waals surface area (Å²) in [6.07, 6.45) is -0.510. The molecule has 1 N–H and O–H groups in total. The van der Waals surface area contributed by atoms with Crippen molar-refractivity contribution in [3.8, 4) is 17.2 Å². The Labute approximate surface area is 272 Å². The Bertz CT molecular complexity index is 1410. The number of hydrogen-bond donors (Lipinski definition) is 1. The van der Waals surface area contributed by atoms with E-state index in [4.69, 9.17) is 33.2 Å². The Morgan fingerprint density at radius 3 is 1.43 bits per heavy atom. The molecule has 0 aromatic heterocycles. The predicted molar refractivity (Wildman–Crippen MR) is 174 cm³/mol. The van der Waals surface area contributed by atoms with Crippen molar-refractivity contribution in [3.63, 3.8) is 0 Å². The molecule has 1 saturated carbocycles. The van der Waals surface area contributed by atoms with Crippen LogP contribution in [0.25, 0.3) is 0 Å². The number of unbranched alkanes of at least 4 members (excludes halogenated alkanes) is 1. The van der Waals surface area contributed by atoms with E-state index in [-0.39, 0.29) is 19.8 Å². The minimum Gasteiger partial charge on any atom is -0.497 e. The third kappa shape index (κ3) is 10.7. The molecule has 252 valence electrons. The van der Waals surface area contributed by atoms with E-state index in [1.54, 1.807) is 21.3 Å². The van der Waals surface area contributed by atoms with E-state index in [0.29, 0.717) is 18.8 Å². The molecule has 3 aromatic carbocycles. The smallest absolute Gasteiger partial charge is 0.265 e. The zero-order chi connectivity index (χ0) is 32.9. The second-order valence-electron chi connectivity index (χ2n) is 11.4. The molecule has 11 heteroatoms. The fourth-order valence-electron chi connectivity index (χ4n) is 5.57. The maximum absolute atomic E-state index is 12.3. The molecule has 1 aliphatic rings. The highest BCUT2D eigenvalue weighted by Crippen LogP contribution is 2.36. The zero-order valence-electron chi connectivity index (χ0n) is 27.0. The van der Waals surface area contributed by atoms with E-state index >= 15 is 0 Å². The summed E-state index contributed by atoms with van der Waals surface area (Å²) in [5.41, 5.74) is 2.69. The molecule has 10 nitrogen and oxygen atoms in total. The van der Waals surface area contributed by atoms with Crippen molar-refractivity contribution in [3.05, 3.63) is 89.5 Å². The number of methoxy groups -OCH3 is 3. The van der Waals surface area contributed by atoms with Crippen molar-refractivity contribution in [2.45, 2.75) is 70.4 Å². The van der Waals surface area contributed by atoms with Crippen molar-refractivity contribution in [1.29, 1.82) is 0 Å². The van der Waals surface area contributed by atoms with Crippen LogP contribution in [-0.4, -0.2) is 71.1 Å². The maximum Gasteiger partial charge on any atom is 0.265 e. The first-order valence-corrected chi connectivity index (χ1v) is 17.1. The lowest BCUT2D eigenvalue weighted by molar-refractivity contribution is -0.225. The van der Waals surface area contributed by atoms with Crippen molar-refractivity contribution in [1.82, 2.24) is 0 Å². The molecule has 0 saturated heterocycles. The first-order valence-electron chi connectivity index (χ1n) is 15.5. The van der Waals surface area contributed by atoms with Crippen LogP contribution in [0, 0.1) is 5.92 Å². The Kier molecular flexibility index (Phi) is 13.7. The molecule has 0 aliphatic heterocycles. The molecule has 46 heavy (non-hydrogen) atoms. The van der Waals surface area contributed by atoms with Gasteiger partial charge in [-0.1, -0.05) is 49.7 Å². The summed E-state index contributed by atoms with van der Waals surface area (Å²) < 4.78 is 76.6. The monoisotopic (exact) mass is 658 g/mol. The minimum atomic E-state index is -4.35. The standard InChI is InChI=1S/C35H46O10S/c1-5-6-19-42-32-20-28(24-46(36,37)38)33(43-21-25-7-13-29(39-2)14-8-25)35(45-23-27-11-17-31(41-4)18-12-27)34(32)44-22-26-9-15-30(40-3)16-10-26/h7-18,28,32-35H,5-6,19-24H2,1-4H3,(H,36,37,38)/t28-,32-,33-,34+,35+/m1/s1. The molecule has 1 fully saturated rings. The van der Waals surface area contributed by atoms with Crippen molar-refractivity contribution in [2.75, 3.05) is 33.7 Å². The van der Waals surface area contributed by atoms with Gasteiger partial charge in [-0.05, 0) is 65.9 Å². The number of rotatable bonds is 18. The first kappa shape index (κ1) is 35.7. The molecular weight excluding hydrogens is 612 g/mol. The van der Waals surface area contributed by atoms with Gasteiger partial charge in [0.05, 0.1) is 59.1 Å². The molecule has 0 spiro atoms. The summed E-state index contributed by atoms with van der Waals surface area (Å²) in [7, 11) is 0.476. The van der Waals surface area contributed by atoms with E-state index < -0.39 is 46.2 Å². The van der Waals surface area contributed by atoms with Gasteiger partial charge < -0.3 is 33.2 Å². The minimum absolute atomic E-state index is 0.186. The van der Waals surface area contributed by atoms with Gasteiger partial charge in [-0.25, -0.2) is 0 Å². The molecule has 0 bridgehead atoms. The van der Waals surface area contributed by atoms with E-state index in [9.17, 15) is 13.0 Å². The second kappa shape index (κ2) is 17.7. The quantitative estimate of drug-likeness (QED) is 0.132. The van der Waals surface area contributed by atoms with Gasteiger partial charge in [0.1, 0.15) is 29.5 Å². The van der Waals surface area contributed by atoms with Gasteiger partial charge in [0.25, 0.3) is 10.1 Å². The van der Waals surface area contributed by atoms with Crippen molar-refractivity contribution >= 4 is 10.1 Å². The highest BCUT2D eigenvalue weighted by molar-refractivity contribution is 7.85. The van der Waals surface area contributed by atoms with E-state index in [2.05, 4.69) is 6.92 Å². The molecule has 0 amide bonds. The van der Waals surface area contributed by atoms with Gasteiger partial charge in [-0.15, -0.1) is 0 Å². The summed E-state index contributed by atoms with van der Waals surface area (Å²) in [4.78, 5) is 0. The fourth-order valence-corrected chi connectivity index (χ4v) is 6.44. The fraction of sp³-hybridized carbons (Fsp3) is 0.486. The molecule has 4 rings (SSSR count). The molecule has 1 aliphatic carbocycles. The summed E-state index contributed by atoms with van der Waals surface area (Å²) >= 11 is 0. The number of ether oxygens (including phenoxy) is 7. The van der Waals surface area contributed by atoms with Crippen molar-refractivity contribution < 1.29 is 46.1 Å². The van der Waals surface area contributed by atoms with Gasteiger partial charge in [-0.3, -0.25) is 4.55 Å². The van der Waals surface area contributed by atoms with E-state index in [1.165, 1.54) is 0 Å². The first-order chi connectivity index (χ1) is 22.2. The maximum atomic E-state index is 12.3. The lowest BCUT2D eigenvalue weighted by Crippen LogP contribution is -2.58. The lowest BCUT2D eigenvalue weighted by atomic mass is 9.81. The number of hydrogen-bond acceptors (Lipinski definition) is 9. The normalized spacial score (nSPS) is 21.5. The van der Waals surface area contributed by atoms with Crippen LogP contribution in [0.5, 0.6) is 17.2 Å². The van der Waals surface area contributed by atoms with Crippen molar-refractivity contribution in [2.24, 2.45) is 5.92 Å². The van der Waals surface area contributed by atoms with Gasteiger partial charge in [0.2, 0.25) is 0 Å². The van der Waals surface area contributed by atoms with Crippen LogP contribution in [0.4, 0.5) is 0 Å². The summed E-state index contributed by atoms with van der Waals surface area (Å²) in [5.74, 6) is 1.05. The Morgan fingerprint density at radius 1 is 0.630 bits per heavy atom. The lowest BCUT2D eigenvalue weighted by Gasteiger charge is -2.46. The summed E-state index contributed by atoms with van der Waals surface area (Å²) in [6, 6.07) is 22.6. The highest BCUT2D eigenvalue weighted by atomic mass is 32.2. The highest BCUT2D eigenvalue weighted by Gasteiger charge is 2.49. The Hall–Kier alpha value is -3.19. The summed E-state index contributed by atoms with van der Waals surface area (Å²) in [5, 5.41) is 0. The van der Waals surface area contributed by atoms with E-state index in [1.807, 2.05) is 72.8 Å². The molecule has 0 unspecified atom stereocenters. The summed E-state index contributed by atoms with van der Waals surface area (Å²) in [6.45, 7) is 3.21. The van der Waals surface area contributed by atoms with E-state index in [0.717, 1.165) is 41.0 Å². The predicted octanol–water partition coefficient (Wildman–Crippen LogP) is 5.86. The van der Waals surface area contributed by atoms with Crippen LogP contribution in [0.1, 0.15) is 42.9 Å². The van der Waals surface area contributed by atoms with Crippen LogP contribution in [0.2, 0.25) is 0 Å². The molecule has 5 atom stereocenters. The molecular formula is C35H46O10S. The van der Waals surface area contributed by atoms with Crippen LogP contribution >= 0.6 is 0 Å². The Balaban J connectivity index is 1.67. The van der Waals surface area contributed by atoms with Crippen LogP contribution < -0.4 is 14.2 Å². The van der Waals surface area contributed by atoms with Crippen LogP contribution in [0.15, 0.2) is 72.8 Å². The van der Waals surface area contributed by atoms with Crippen LogP contribution in [-0.2, 0) is 48.9 Å². The largest absolute Gasteiger partial charge is 0.497 e. The van der Waals surface area contributed by atoms with Gasteiger partial charge in [0, 0.05) is 12.5 Å². The average molecular weight is 659 g/mol. The molecule has 3 aromatic rings. The van der Waals surface area contributed by atoms with Gasteiger partial charge in [0.15, 0.2) is 0 Å². The third-order valence-electron chi connectivity index (χ3n) is 8.07. The molecule has 0 radical (unpaired) electrons. The zero-order valence-corrected chi connectivity index (χ0v) is 27.8. The Morgan fingerprint density at radius 2 is 1.04 bits per heavy atom. The average Bonchev–Trinajstić information content (AvgIpc) is 3.06. The number of benzene rings is 3.